The van der Waals surface area contributed by atoms with Gasteiger partial charge in [0.05, 0.1) is 0 Å². The number of para-hydroxylation sites is 1. The zero-order valence-corrected chi connectivity index (χ0v) is 7.31. The smallest absolute Gasteiger partial charge is 0.0453 e. The van der Waals surface area contributed by atoms with Crippen LogP contribution in [0.3, 0.4) is 0 Å². The average molecular weight is 174 g/mol. The summed E-state index contributed by atoms with van der Waals surface area (Å²) >= 11 is 0. The van der Waals surface area contributed by atoms with Crippen molar-refractivity contribution in [2.75, 3.05) is 7.05 Å². The molecule has 0 spiro atoms. The lowest BCUT2D eigenvalue weighted by Crippen LogP contribution is -1.61. The number of H-pyrrole nitrogens is 1. The van der Waals surface area contributed by atoms with Gasteiger partial charge >= 0.3 is 0 Å². The topological polar surface area (TPSA) is 64.6 Å². The number of nitrogens with one attached hydrogen (secondary N) is 1. The van der Waals surface area contributed by atoms with E-state index < -0.39 is 0 Å². The lowest BCUT2D eigenvalue weighted by Gasteiger charge is -1.83. The van der Waals surface area contributed by atoms with Crippen LogP contribution in [0.4, 0.5) is 0 Å². The van der Waals surface area contributed by atoms with E-state index in [0.29, 0.717) is 0 Å². The maximum Gasteiger partial charge on any atom is 0.0453 e. The molecule has 1 N–H and O–H groups in total. The first-order chi connectivity index (χ1) is 6.38. The number of azide groups is 1. The second kappa shape index (κ2) is 4.85. The van der Waals surface area contributed by atoms with E-state index in [1.807, 2.05) is 18.3 Å². The van der Waals surface area contributed by atoms with Crippen LogP contribution < -0.4 is 0 Å². The van der Waals surface area contributed by atoms with Gasteiger partial charge in [-0.15, -0.1) is 0 Å². The van der Waals surface area contributed by atoms with Crippen LogP contribution in [0.5, 0.6) is 0 Å². The van der Waals surface area contributed by atoms with Crippen molar-refractivity contribution in [3.63, 3.8) is 0 Å². The van der Waals surface area contributed by atoms with Gasteiger partial charge in [0.15, 0.2) is 0 Å². The molecular weight excluding hydrogens is 164 g/mol. The summed E-state index contributed by atoms with van der Waals surface area (Å²) in [6.07, 6.45) is 1.95. The minimum Gasteiger partial charge on any atom is -0.361 e. The molecule has 0 bridgehead atoms. The van der Waals surface area contributed by atoms with Gasteiger partial charge in [0.25, 0.3) is 0 Å². The molecule has 0 atom stereocenters. The molecule has 0 fully saturated rings. The van der Waals surface area contributed by atoms with E-state index in [1.165, 1.54) is 18.0 Å². The van der Waals surface area contributed by atoms with E-state index in [1.54, 1.807) is 0 Å². The third kappa shape index (κ3) is 2.54. The van der Waals surface area contributed by atoms with Crippen molar-refractivity contribution in [2.45, 2.75) is 0 Å². The molecule has 66 valence electrons. The van der Waals surface area contributed by atoms with Crippen LogP contribution in [0.1, 0.15) is 0 Å². The molecule has 0 saturated heterocycles. The van der Waals surface area contributed by atoms with Crippen molar-refractivity contribution in [3.05, 3.63) is 47.0 Å². The maximum absolute atomic E-state index is 7.33. The summed E-state index contributed by atoms with van der Waals surface area (Å²) in [6, 6.07) is 10.3. The molecule has 0 amide bonds. The lowest BCUT2D eigenvalue weighted by atomic mass is 10.3. The van der Waals surface area contributed by atoms with Crippen molar-refractivity contribution in [2.24, 2.45) is 5.11 Å². The largest absolute Gasteiger partial charge is 0.361 e. The number of fused-ring (bicyclic) bond motifs is 1. The molecule has 0 aliphatic rings. The highest BCUT2D eigenvalue weighted by molar-refractivity contribution is 5.78. The molecular formula is C9H10N4. The fraction of sp³-hybridized carbons (Fsp3) is 0.111. The molecule has 1 heterocycles. The van der Waals surface area contributed by atoms with Crippen LogP contribution in [0.15, 0.2) is 41.6 Å². The predicted molar refractivity (Wildman–Crippen MR) is 53.4 cm³/mol. The summed E-state index contributed by atoms with van der Waals surface area (Å²) in [5.74, 6) is 0. The Kier molecular flexibility index (Phi) is 3.42. The highest BCUT2D eigenvalue weighted by atomic mass is 15.1. The van der Waals surface area contributed by atoms with Gasteiger partial charge in [0.1, 0.15) is 0 Å². The first kappa shape index (κ1) is 9.16. The Morgan fingerprint density at radius 3 is 2.62 bits per heavy atom. The van der Waals surface area contributed by atoms with Crippen LogP contribution in [0.2, 0.25) is 0 Å². The second-order valence-electron chi connectivity index (χ2n) is 2.35. The Labute approximate surface area is 75.8 Å². The number of hydrogen-bond acceptors (Lipinski definition) is 1. The van der Waals surface area contributed by atoms with Gasteiger partial charge in [0, 0.05) is 23.7 Å². The van der Waals surface area contributed by atoms with Gasteiger partial charge in [-0.3, -0.25) is 0 Å². The molecule has 1 aromatic carbocycles. The van der Waals surface area contributed by atoms with Crippen LogP contribution in [-0.4, -0.2) is 12.0 Å². The van der Waals surface area contributed by atoms with Crippen molar-refractivity contribution < 1.29 is 0 Å². The predicted octanol–water partition coefficient (Wildman–Crippen LogP) is 3.09. The number of aromatic nitrogens is 1. The lowest BCUT2D eigenvalue weighted by molar-refractivity contribution is 1.40. The van der Waals surface area contributed by atoms with Crippen molar-refractivity contribution in [3.8, 4) is 0 Å². The Morgan fingerprint density at radius 2 is 2.00 bits per heavy atom. The molecule has 2 aromatic rings. The van der Waals surface area contributed by atoms with Crippen LogP contribution in [0, 0.1) is 0 Å². The highest BCUT2D eigenvalue weighted by Gasteiger charge is 1.86. The molecule has 4 heteroatoms. The maximum atomic E-state index is 7.33. The van der Waals surface area contributed by atoms with Gasteiger partial charge in [-0.05, 0) is 23.1 Å². The van der Waals surface area contributed by atoms with Gasteiger partial charge in [-0.2, -0.15) is 0 Å². The summed E-state index contributed by atoms with van der Waals surface area (Å²) < 4.78 is 0. The minimum absolute atomic E-state index is 1.21. The van der Waals surface area contributed by atoms with E-state index in [9.17, 15) is 0 Å². The first-order valence-corrected chi connectivity index (χ1v) is 3.84. The zero-order chi connectivity index (χ0) is 9.52. The van der Waals surface area contributed by atoms with Crippen molar-refractivity contribution >= 4 is 10.9 Å². The molecule has 0 aliphatic heterocycles. The van der Waals surface area contributed by atoms with E-state index in [-0.39, 0.29) is 0 Å². The molecule has 1 aromatic heterocycles. The normalized spacial score (nSPS) is 8.38. The molecule has 13 heavy (non-hydrogen) atoms. The molecule has 4 nitrogen and oxygen atoms in total. The fourth-order valence-electron chi connectivity index (χ4n) is 0.995. The number of rotatable bonds is 0. The second-order valence-corrected chi connectivity index (χ2v) is 2.35. The zero-order valence-electron chi connectivity index (χ0n) is 7.31. The Morgan fingerprint density at radius 1 is 1.31 bits per heavy atom. The third-order valence-corrected chi connectivity index (χ3v) is 1.55. The summed E-state index contributed by atoms with van der Waals surface area (Å²) in [6.45, 7) is 0. The van der Waals surface area contributed by atoms with E-state index >= 15 is 0 Å². The SMILES string of the molecule is CN=[N+]=[N-].c1ccc2[nH]ccc2c1. The standard InChI is InChI=1S/C8H7N.CH3N3/c1-2-4-8-7(3-1)5-6-9-8;1-3-4-2/h1-6,9H;1H3. The molecule has 2 rings (SSSR count). The summed E-state index contributed by atoms with van der Waals surface area (Å²) in [4.78, 5) is 5.48. The summed E-state index contributed by atoms with van der Waals surface area (Å²) in [5, 5.41) is 4.19. The van der Waals surface area contributed by atoms with E-state index in [2.05, 4.69) is 33.2 Å². The molecule has 0 radical (unpaired) electrons. The number of aromatic amines is 1. The van der Waals surface area contributed by atoms with E-state index in [0.717, 1.165) is 0 Å². The van der Waals surface area contributed by atoms with Gasteiger partial charge in [0.2, 0.25) is 0 Å². The first-order valence-electron chi connectivity index (χ1n) is 3.84. The quantitative estimate of drug-likeness (QED) is 0.362. The fourth-order valence-corrected chi connectivity index (χ4v) is 0.995. The number of benzene rings is 1. The van der Waals surface area contributed by atoms with Gasteiger partial charge in [-0.1, -0.05) is 23.3 Å². The Hall–Kier alpha value is -1.93. The minimum atomic E-state index is 1.21. The molecule has 0 aliphatic carbocycles. The number of hydrogen-bond donors (Lipinski definition) is 1. The van der Waals surface area contributed by atoms with Crippen LogP contribution in [-0.2, 0) is 0 Å². The monoisotopic (exact) mass is 174 g/mol. The third-order valence-electron chi connectivity index (χ3n) is 1.55. The summed E-state index contributed by atoms with van der Waals surface area (Å²) in [5.41, 5.74) is 8.54. The van der Waals surface area contributed by atoms with Crippen LogP contribution >= 0.6 is 0 Å². The molecule has 0 unspecified atom stereocenters. The van der Waals surface area contributed by atoms with Crippen molar-refractivity contribution in [1.82, 2.24) is 4.98 Å². The Bertz CT molecular complexity index is 382. The van der Waals surface area contributed by atoms with E-state index in [4.69, 9.17) is 5.53 Å². The van der Waals surface area contributed by atoms with Gasteiger partial charge < -0.3 is 4.98 Å². The Balaban J connectivity index is 0.000000184. The van der Waals surface area contributed by atoms with Crippen molar-refractivity contribution in [1.29, 1.82) is 0 Å². The number of nitrogens with zero attached hydrogens (tertiary/aromatic N) is 3. The summed E-state index contributed by atoms with van der Waals surface area (Å²) in [7, 11) is 1.39. The highest BCUT2D eigenvalue weighted by Crippen LogP contribution is 2.09. The van der Waals surface area contributed by atoms with Crippen LogP contribution in [0.25, 0.3) is 21.3 Å². The van der Waals surface area contributed by atoms with Gasteiger partial charge in [-0.25, -0.2) is 0 Å². The average Bonchev–Trinajstić information content (AvgIpc) is 2.66. The molecule has 0 saturated carbocycles.